The van der Waals surface area contributed by atoms with E-state index in [1.54, 1.807) is 44.1 Å². The highest BCUT2D eigenvalue weighted by Gasteiger charge is 2.29. The van der Waals surface area contributed by atoms with Crippen LogP contribution in [0.2, 0.25) is 0 Å². The van der Waals surface area contributed by atoms with Gasteiger partial charge in [-0.2, -0.15) is 0 Å². The van der Waals surface area contributed by atoms with Crippen LogP contribution in [0.15, 0.2) is 35.1 Å². The smallest absolute Gasteiger partial charge is 0.264 e. The predicted octanol–water partition coefficient (Wildman–Crippen LogP) is 2.06. The molecule has 7 nitrogen and oxygen atoms in total. The first-order valence-corrected chi connectivity index (χ1v) is 8.93. The molecule has 2 aromatic rings. The Hall–Kier alpha value is -2.80. The third kappa shape index (κ3) is 3.83. The van der Waals surface area contributed by atoms with E-state index >= 15 is 0 Å². The highest BCUT2D eigenvalue weighted by molar-refractivity contribution is 6.01. The number of fused-ring (bicyclic) bond motifs is 1. The number of ketones is 1. The third-order valence-electron chi connectivity index (χ3n) is 4.72. The molecule has 1 N–H and O–H groups in total. The van der Waals surface area contributed by atoms with Crippen molar-refractivity contribution in [2.75, 3.05) is 26.0 Å². The maximum absolute atomic E-state index is 13.3. The van der Waals surface area contributed by atoms with E-state index in [1.807, 2.05) is 0 Å². The van der Waals surface area contributed by atoms with Crippen molar-refractivity contribution in [2.24, 2.45) is 0 Å². The normalized spacial score (nSPS) is 17.6. The molecule has 1 heterocycles. The van der Waals surface area contributed by atoms with Gasteiger partial charge in [-0.15, -0.1) is 0 Å². The van der Waals surface area contributed by atoms with Crippen LogP contribution in [0.4, 0.5) is 5.69 Å². The Morgan fingerprint density at radius 3 is 2.78 bits per heavy atom. The molecular formula is C20H24N4O3. The van der Waals surface area contributed by atoms with Crippen molar-refractivity contribution >= 4 is 28.3 Å². The minimum atomic E-state index is -0.537. The van der Waals surface area contributed by atoms with Crippen LogP contribution in [-0.4, -0.2) is 46.8 Å². The van der Waals surface area contributed by atoms with Crippen LogP contribution in [0.5, 0.6) is 0 Å². The van der Waals surface area contributed by atoms with E-state index in [0.717, 1.165) is 5.57 Å². The van der Waals surface area contributed by atoms with E-state index in [-0.39, 0.29) is 30.2 Å². The standard InChI is InChI=1S/C20H24N4O3/c1-12-8-9-16(17(25)10-12)24-13(2)21-14-6-5-7-15(19(14)20(24)27)22-18(26)11-23(3)4/h5-7,16H,1,8-11H2,2-4H3,(H,22,26). The summed E-state index contributed by atoms with van der Waals surface area (Å²) in [5.74, 6) is 0.255. The fraction of sp³-hybridized carbons (Fsp3) is 0.400. The number of aromatic nitrogens is 2. The van der Waals surface area contributed by atoms with Crippen LogP contribution in [0.1, 0.15) is 31.1 Å². The molecule has 0 bridgehead atoms. The Labute approximate surface area is 157 Å². The van der Waals surface area contributed by atoms with Crippen LogP contribution in [0.25, 0.3) is 10.9 Å². The number of rotatable bonds is 4. The van der Waals surface area contributed by atoms with E-state index in [4.69, 9.17) is 0 Å². The molecule has 1 atom stereocenters. The molecule has 0 aliphatic heterocycles. The number of hydrogen-bond donors (Lipinski definition) is 1. The molecule has 0 spiro atoms. The van der Waals surface area contributed by atoms with Gasteiger partial charge in [0.1, 0.15) is 5.82 Å². The number of hydrogen-bond acceptors (Lipinski definition) is 5. The summed E-state index contributed by atoms with van der Waals surface area (Å²) < 4.78 is 1.47. The third-order valence-corrected chi connectivity index (χ3v) is 4.72. The topological polar surface area (TPSA) is 84.3 Å². The second kappa shape index (κ2) is 7.44. The molecule has 3 rings (SSSR count). The quantitative estimate of drug-likeness (QED) is 0.835. The first-order chi connectivity index (χ1) is 12.8. The van der Waals surface area contributed by atoms with Gasteiger partial charge in [0.25, 0.3) is 5.56 Å². The van der Waals surface area contributed by atoms with Gasteiger partial charge < -0.3 is 10.2 Å². The maximum atomic E-state index is 13.3. The summed E-state index contributed by atoms with van der Waals surface area (Å²) in [6.07, 6.45) is 1.54. The van der Waals surface area contributed by atoms with E-state index < -0.39 is 6.04 Å². The molecule has 1 amide bonds. The number of allylic oxidation sites excluding steroid dienone is 1. The number of benzene rings is 1. The summed E-state index contributed by atoms with van der Waals surface area (Å²) >= 11 is 0. The van der Waals surface area contributed by atoms with Crippen LogP contribution in [0, 0.1) is 6.92 Å². The van der Waals surface area contributed by atoms with Crippen molar-refractivity contribution in [3.8, 4) is 0 Å². The number of carbonyl (C=O) groups excluding carboxylic acids is 2. The minimum Gasteiger partial charge on any atom is -0.324 e. The van der Waals surface area contributed by atoms with Crippen molar-refractivity contribution in [1.82, 2.24) is 14.5 Å². The molecule has 0 saturated heterocycles. The van der Waals surface area contributed by atoms with Crippen LogP contribution < -0.4 is 10.9 Å². The Balaban J connectivity index is 2.10. The number of nitrogens with zero attached hydrogens (tertiary/aromatic N) is 3. The summed E-state index contributed by atoms with van der Waals surface area (Å²) in [5, 5.41) is 3.12. The number of Topliss-reactive ketones (excluding diaryl/α,β-unsaturated/α-hetero) is 1. The lowest BCUT2D eigenvalue weighted by molar-refractivity contribution is -0.122. The maximum Gasteiger partial charge on any atom is 0.264 e. The fourth-order valence-corrected chi connectivity index (χ4v) is 3.53. The van der Waals surface area contributed by atoms with Crippen LogP contribution >= 0.6 is 0 Å². The molecule has 1 aromatic heterocycles. The lowest BCUT2D eigenvalue weighted by Crippen LogP contribution is -2.35. The van der Waals surface area contributed by atoms with Gasteiger partial charge in [0.15, 0.2) is 5.78 Å². The summed E-state index contributed by atoms with van der Waals surface area (Å²) in [4.78, 5) is 44.2. The molecule has 1 aromatic carbocycles. The predicted molar refractivity (Wildman–Crippen MR) is 105 cm³/mol. The number of nitrogens with one attached hydrogen (secondary N) is 1. The van der Waals surface area contributed by atoms with Crippen molar-refractivity contribution in [1.29, 1.82) is 0 Å². The summed E-state index contributed by atoms with van der Waals surface area (Å²) in [5.41, 5.74) is 1.51. The highest BCUT2D eigenvalue weighted by Crippen LogP contribution is 2.29. The van der Waals surface area contributed by atoms with Crippen molar-refractivity contribution in [3.05, 3.63) is 46.5 Å². The van der Waals surface area contributed by atoms with Crippen LogP contribution in [-0.2, 0) is 9.59 Å². The molecular weight excluding hydrogens is 344 g/mol. The number of aryl methyl sites for hydroxylation is 1. The van der Waals surface area contributed by atoms with Crippen molar-refractivity contribution in [2.45, 2.75) is 32.2 Å². The Morgan fingerprint density at radius 2 is 2.11 bits per heavy atom. The minimum absolute atomic E-state index is 0.0216. The first kappa shape index (κ1) is 19.0. The number of amides is 1. The molecule has 1 aliphatic rings. The van der Waals surface area contributed by atoms with Gasteiger partial charge in [-0.3, -0.25) is 19.0 Å². The molecule has 1 aliphatic carbocycles. The number of anilines is 1. The second-order valence-corrected chi connectivity index (χ2v) is 7.27. The summed E-state index contributed by atoms with van der Waals surface area (Å²) in [6.45, 7) is 5.82. The van der Waals surface area contributed by atoms with Gasteiger partial charge in [-0.05, 0) is 46.0 Å². The lowest BCUT2D eigenvalue weighted by Gasteiger charge is -2.26. The van der Waals surface area contributed by atoms with E-state index in [0.29, 0.717) is 35.3 Å². The van der Waals surface area contributed by atoms with Gasteiger partial charge >= 0.3 is 0 Å². The summed E-state index contributed by atoms with van der Waals surface area (Å²) in [6, 6.07) is 4.63. The molecule has 1 saturated carbocycles. The molecule has 7 heteroatoms. The van der Waals surface area contributed by atoms with Crippen molar-refractivity contribution < 1.29 is 9.59 Å². The zero-order chi connectivity index (χ0) is 19.7. The Bertz CT molecular complexity index is 991. The average Bonchev–Trinajstić information content (AvgIpc) is 2.55. The Morgan fingerprint density at radius 1 is 1.37 bits per heavy atom. The van der Waals surface area contributed by atoms with Gasteiger partial charge in [0.05, 0.1) is 29.2 Å². The van der Waals surface area contributed by atoms with E-state index in [2.05, 4.69) is 16.9 Å². The van der Waals surface area contributed by atoms with Gasteiger partial charge in [-0.25, -0.2) is 4.98 Å². The SMILES string of the molecule is C=C1CCC(n2c(C)nc3cccc(NC(=O)CN(C)C)c3c2=O)C(=O)C1. The van der Waals surface area contributed by atoms with Gasteiger partial charge in [0.2, 0.25) is 5.91 Å². The second-order valence-electron chi connectivity index (χ2n) is 7.27. The van der Waals surface area contributed by atoms with Gasteiger partial charge in [-0.1, -0.05) is 18.2 Å². The number of likely N-dealkylation sites (N-methyl/N-ethyl adjacent to an activating group) is 1. The first-order valence-electron chi connectivity index (χ1n) is 8.93. The average molecular weight is 368 g/mol. The zero-order valence-corrected chi connectivity index (χ0v) is 15.9. The monoisotopic (exact) mass is 368 g/mol. The molecule has 1 unspecified atom stereocenters. The molecule has 142 valence electrons. The van der Waals surface area contributed by atoms with Crippen molar-refractivity contribution in [3.63, 3.8) is 0 Å². The fourth-order valence-electron chi connectivity index (χ4n) is 3.53. The molecule has 1 fully saturated rings. The molecule has 27 heavy (non-hydrogen) atoms. The number of carbonyl (C=O) groups is 2. The largest absolute Gasteiger partial charge is 0.324 e. The Kier molecular flexibility index (Phi) is 5.23. The van der Waals surface area contributed by atoms with E-state index in [1.165, 1.54) is 4.57 Å². The van der Waals surface area contributed by atoms with Crippen LogP contribution in [0.3, 0.4) is 0 Å². The molecule has 0 radical (unpaired) electrons. The zero-order valence-electron chi connectivity index (χ0n) is 15.9. The van der Waals surface area contributed by atoms with Gasteiger partial charge in [0, 0.05) is 6.42 Å². The van der Waals surface area contributed by atoms with E-state index in [9.17, 15) is 14.4 Å². The lowest BCUT2D eigenvalue weighted by atomic mass is 9.90. The highest BCUT2D eigenvalue weighted by atomic mass is 16.2. The summed E-state index contributed by atoms with van der Waals surface area (Å²) in [7, 11) is 3.59.